The van der Waals surface area contributed by atoms with E-state index in [1.807, 2.05) is 43.1 Å². The van der Waals surface area contributed by atoms with E-state index < -0.39 is 0 Å². The molecule has 1 aromatic carbocycles. The van der Waals surface area contributed by atoms with Crippen molar-refractivity contribution in [3.63, 3.8) is 0 Å². The Morgan fingerprint density at radius 2 is 1.94 bits per heavy atom. The number of nitrogens with zero attached hydrogens (tertiary/aromatic N) is 2. The van der Waals surface area contributed by atoms with Crippen molar-refractivity contribution in [2.75, 3.05) is 23.8 Å². The summed E-state index contributed by atoms with van der Waals surface area (Å²) < 4.78 is 13.8. The van der Waals surface area contributed by atoms with Crippen LogP contribution in [0.15, 0.2) is 42.5 Å². The first kappa shape index (κ1) is 12.4. The topological polar surface area (TPSA) is 28.2 Å². The van der Waals surface area contributed by atoms with Gasteiger partial charge in [0, 0.05) is 13.6 Å². The maximum Gasteiger partial charge on any atom is 0.146 e. The molecule has 2 aromatic rings. The average Bonchev–Trinajstić information content (AvgIpc) is 2.42. The number of hydrogen-bond donors (Lipinski definition) is 1. The standard InChI is InChI=1S/C14H16FN3/c1-3-18(12-8-5-4-7-11(12)15)14-10-6-9-13(16-2)17-14/h4-10H,3H2,1-2H3,(H,16,17). The lowest BCUT2D eigenvalue weighted by Gasteiger charge is -2.22. The molecule has 1 aromatic heterocycles. The molecule has 0 aliphatic carbocycles. The van der Waals surface area contributed by atoms with Crippen LogP contribution in [-0.2, 0) is 0 Å². The second-order valence-electron chi connectivity index (χ2n) is 3.83. The molecule has 0 atom stereocenters. The van der Waals surface area contributed by atoms with E-state index >= 15 is 0 Å². The summed E-state index contributed by atoms with van der Waals surface area (Å²) in [5.74, 6) is 1.26. The Morgan fingerprint density at radius 1 is 1.17 bits per heavy atom. The van der Waals surface area contributed by atoms with Crippen LogP contribution in [0.5, 0.6) is 0 Å². The van der Waals surface area contributed by atoms with Crippen LogP contribution >= 0.6 is 0 Å². The number of benzene rings is 1. The van der Waals surface area contributed by atoms with Crippen molar-refractivity contribution in [3.8, 4) is 0 Å². The number of hydrogen-bond acceptors (Lipinski definition) is 3. The van der Waals surface area contributed by atoms with Gasteiger partial charge in [0.2, 0.25) is 0 Å². The predicted molar refractivity (Wildman–Crippen MR) is 72.9 cm³/mol. The Bertz CT molecular complexity index is 528. The molecule has 0 bridgehead atoms. The number of nitrogens with one attached hydrogen (secondary N) is 1. The molecule has 0 fully saturated rings. The highest BCUT2D eigenvalue weighted by molar-refractivity contribution is 5.61. The molecule has 0 amide bonds. The van der Waals surface area contributed by atoms with E-state index in [0.717, 1.165) is 11.6 Å². The smallest absolute Gasteiger partial charge is 0.146 e. The van der Waals surface area contributed by atoms with Crippen molar-refractivity contribution in [1.29, 1.82) is 0 Å². The van der Waals surface area contributed by atoms with Gasteiger partial charge in [0.05, 0.1) is 5.69 Å². The first-order valence-corrected chi connectivity index (χ1v) is 5.93. The van der Waals surface area contributed by atoms with Gasteiger partial charge < -0.3 is 10.2 Å². The molecule has 3 nitrogen and oxygen atoms in total. The van der Waals surface area contributed by atoms with Crippen molar-refractivity contribution in [1.82, 2.24) is 4.98 Å². The van der Waals surface area contributed by atoms with E-state index in [2.05, 4.69) is 10.3 Å². The van der Waals surface area contributed by atoms with Crippen LogP contribution in [0.25, 0.3) is 0 Å². The minimum absolute atomic E-state index is 0.240. The Hall–Kier alpha value is -2.10. The molecule has 18 heavy (non-hydrogen) atoms. The highest BCUT2D eigenvalue weighted by atomic mass is 19.1. The summed E-state index contributed by atoms with van der Waals surface area (Å²) in [7, 11) is 1.81. The van der Waals surface area contributed by atoms with Gasteiger partial charge in [-0.25, -0.2) is 9.37 Å². The molecule has 0 radical (unpaired) electrons. The minimum atomic E-state index is -0.240. The Labute approximate surface area is 106 Å². The molecule has 2 rings (SSSR count). The summed E-state index contributed by atoms with van der Waals surface area (Å²) >= 11 is 0. The molecular formula is C14H16FN3. The molecule has 1 N–H and O–H groups in total. The lowest BCUT2D eigenvalue weighted by atomic mass is 10.2. The van der Waals surface area contributed by atoms with Crippen LogP contribution in [0.1, 0.15) is 6.92 Å². The van der Waals surface area contributed by atoms with E-state index in [4.69, 9.17) is 0 Å². The van der Waals surface area contributed by atoms with Gasteiger partial charge in [0.15, 0.2) is 0 Å². The number of aromatic nitrogens is 1. The fourth-order valence-corrected chi connectivity index (χ4v) is 1.84. The van der Waals surface area contributed by atoms with Crippen LogP contribution in [-0.4, -0.2) is 18.6 Å². The molecule has 0 saturated heterocycles. The Balaban J connectivity index is 2.42. The van der Waals surface area contributed by atoms with Gasteiger partial charge in [-0.2, -0.15) is 0 Å². The highest BCUT2D eigenvalue weighted by Gasteiger charge is 2.12. The zero-order chi connectivity index (χ0) is 13.0. The second kappa shape index (κ2) is 5.49. The Morgan fingerprint density at radius 3 is 2.61 bits per heavy atom. The van der Waals surface area contributed by atoms with E-state index in [1.165, 1.54) is 6.07 Å². The second-order valence-corrected chi connectivity index (χ2v) is 3.83. The SMILES string of the molecule is CCN(c1cccc(NC)n1)c1ccccc1F. The van der Waals surface area contributed by atoms with E-state index in [9.17, 15) is 4.39 Å². The first-order valence-electron chi connectivity index (χ1n) is 5.93. The maximum absolute atomic E-state index is 13.8. The lowest BCUT2D eigenvalue weighted by molar-refractivity contribution is 0.625. The summed E-state index contributed by atoms with van der Waals surface area (Å²) in [5, 5.41) is 2.98. The third-order valence-corrected chi connectivity index (χ3v) is 2.73. The summed E-state index contributed by atoms with van der Waals surface area (Å²) in [6.07, 6.45) is 0. The fourth-order valence-electron chi connectivity index (χ4n) is 1.84. The van der Waals surface area contributed by atoms with Crippen molar-refractivity contribution in [2.45, 2.75) is 6.92 Å². The van der Waals surface area contributed by atoms with E-state index in [0.29, 0.717) is 12.2 Å². The number of halogens is 1. The van der Waals surface area contributed by atoms with Crippen molar-refractivity contribution in [3.05, 3.63) is 48.3 Å². The van der Waals surface area contributed by atoms with Gasteiger partial charge in [-0.05, 0) is 31.2 Å². The minimum Gasteiger partial charge on any atom is -0.373 e. The zero-order valence-electron chi connectivity index (χ0n) is 10.5. The fraction of sp³-hybridized carbons (Fsp3) is 0.214. The summed E-state index contributed by atoms with van der Waals surface area (Å²) in [6, 6.07) is 12.4. The summed E-state index contributed by atoms with van der Waals surface area (Å²) in [4.78, 5) is 6.27. The molecular weight excluding hydrogens is 229 g/mol. The first-order chi connectivity index (χ1) is 8.76. The third kappa shape index (κ3) is 2.42. The molecule has 4 heteroatoms. The molecule has 1 heterocycles. The number of anilines is 3. The third-order valence-electron chi connectivity index (χ3n) is 2.73. The molecule has 0 aliphatic heterocycles. The number of para-hydroxylation sites is 1. The molecule has 0 spiro atoms. The van der Waals surface area contributed by atoms with Crippen LogP contribution < -0.4 is 10.2 Å². The van der Waals surface area contributed by atoms with Crippen molar-refractivity contribution in [2.24, 2.45) is 0 Å². The summed E-state index contributed by atoms with van der Waals surface area (Å²) in [5.41, 5.74) is 0.542. The van der Waals surface area contributed by atoms with E-state index in [-0.39, 0.29) is 5.82 Å². The van der Waals surface area contributed by atoms with Crippen LogP contribution in [0.4, 0.5) is 21.7 Å². The van der Waals surface area contributed by atoms with Gasteiger partial charge in [0.1, 0.15) is 17.5 Å². The van der Waals surface area contributed by atoms with Gasteiger partial charge in [-0.1, -0.05) is 18.2 Å². The van der Waals surface area contributed by atoms with Crippen LogP contribution in [0.2, 0.25) is 0 Å². The van der Waals surface area contributed by atoms with Gasteiger partial charge in [-0.3, -0.25) is 0 Å². The van der Waals surface area contributed by atoms with Crippen LogP contribution in [0, 0.1) is 5.82 Å². The van der Waals surface area contributed by atoms with Gasteiger partial charge in [-0.15, -0.1) is 0 Å². The van der Waals surface area contributed by atoms with Crippen molar-refractivity contribution >= 4 is 17.3 Å². The predicted octanol–water partition coefficient (Wildman–Crippen LogP) is 3.42. The van der Waals surface area contributed by atoms with Gasteiger partial charge >= 0.3 is 0 Å². The largest absolute Gasteiger partial charge is 0.373 e. The maximum atomic E-state index is 13.8. The average molecular weight is 245 g/mol. The number of pyridine rings is 1. The van der Waals surface area contributed by atoms with Crippen molar-refractivity contribution < 1.29 is 4.39 Å². The summed E-state index contributed by atoms with van der Waals surface area (Å²) in [6.45, 7) is 2.63. The lowest BCUT2D eigenvalue weighted by Crippen LogP contribution is -2.18. The zero-order valence-corrected chi connectivity index (χ0v) is 10.5. The monoisotopic (exact) mass is 245 g/mol. The normalized spacial score (nSPS) is 10.2. The molecule has 0 saturated carbocycles. The highest BCUT2D eigenvalue weighted by Crippen LogP contribution is 2.26. The molecule has 0 unspecified atom stereocenters. The quantitative estimate of drug-likeness (QED) is 0.894. The van der Waals surface area contributed by atoms with E-state index in [1.54, 1.807) is 12.1 Å². The number of rotatable bonds is 4. The molecule has 0 aliphatic rings. The van der Waals surface area contributed by atoms with Gasteiger partial charge in [0.25, 0.3) is 0 Å². The van der Waals surface area contributed by atoms with Crippen LogP contribution in [0.3, 0.4) is 0 Å². The Kier molecular flexibility index (Phi) is 3.77. The molecule has 94 valence electrons.